The summed E-state index contributed by atoms with van der Waals surface area (Å²) in [6.45, 7) is 8.18. The first-order valence-electron chi connectivity index (χ1n) is 12.2. The van der Waals surface area contributed by atoms with Gasteiger partial charge in [0.15, 0.2) is 0 Å². The minimum Gasteiger partial charge on any atom is -0.472 e. The number of pyridine rings is 1. The highest BCUT2D eigenvalue weighted by Crippen LogP contribution is 2.27. The van der Waals surface area contributed by atoms with Crippen LogP contribution in [0.2, 0.25) is 0 Å². The molecule has 0 spiro atoms. The highest BCUT2D eigenvalue weighted by Gasteiger charge is 2.34. The number of aromatic nitrogens is 1. The number of benzene rings is 1. The van der Waals surface area contributed by atoms with Gasteiger partial charge in [-0.15, -0.1) is 0 Å². The number of carbonyl (C=O) groups excluding carboxylic acids is 2. The molecule has 0 saturated heterocycles. The maximum absolute atomic E-state index is 13.6. The number of rotatable bonds is 6. The van der Waals surface area contributed by atoms with Crippen LogP contribution >= 0.6 is 0 Å². The molecule has 0 fully saturated rings. The third kappa shape index (κ3) is 6.61. The molecule has 1 aromatic carbocycles. The van der Waals surface area contributed by atoms with E-state index in [9.17, 15) is 19.1 Å². The lowest BCUT2D eigenvalue weighted by Crippen LogP contribution is -2.50. The molecular formula is C28H34FN3O4. The summed E-state index contributed by atoms with van der Waals surface area (Å²) in [4.78, 5) is 33.9. The van der Waals surface area contributed by atoms with Crippen LogP contribution in [-0.2, 0) is 0 Å². The molecule has 7 nitrogen and oxygen atoms in total. The first kappa shape index (κ1) is 27.2. The molecule has 0 radical (unpaired) electrons. The van der Waals surface area contributed by atoms with Crippen molar-refractivity contribution in [1.82, 2.24) is 14.8 Å². The fraction of sp³-hybridized carbons (Fsp3) is 0.464. The normalized spacial score (nSPS) is 18.3. The number of likely N-dealkylation sites (N-methyl/N-ethyl adjacent to an activating group) is 1. The molecule has 1 aromatic heterocycles. The predicted molar refractivity (Wildman–Crippen MR) is 135 cm³/mol. The van der Waals surface area contributed by atoms with Crippen molar-refractivity contribution in [3.63, 3.8) is 0 Å². The molecule has 1 aliphatic heterocycles. The molecule has 192 valence electrons. The van der Waals surface area contributed by atoms with E-state index in [4.69, 9.17) is 4.74 Å². The molecule has 3 atom stereocenters. The van der Waals surface area contributed by atoms with Crippen LogP contribution in [0.4, 0.5) is 4.39 Å². The van der Waals surface area contributed by atoms with Crippen LogP contribution in [0, 0.1) is 29.5 Å². The molecule has 8 heteroatoms. The largest absolute Gasteiger partial charge is 0.472 e. The van der Waals surface area contributed by atoms with Gasteiger partial charge in [0.1, 0.15) is 17.5 Å². The number of halogens is 1. The highest BCUT2D eigenvalue weighted by molar-refractivity contribution is 5.97. The topological polar surface area (TPSA) is 83.0 Å². The zero-order valence-corrected chi connectivity index (χ0v) is 21.5. The summed E-state index contributed by atoms with van der Waals surface area (Å²) in [6, 6.07) is 6.79. The van der Waals surface area contributed by atoms with Crippen LogP contribution in [0.25, 0.3) is 0 Å². The van der Waals surface area contributed by atoms with E-state index in [-0.39, 0.29) is 47.9 Å². The lowest BCUT2D eigenvalue weighted by atomic mass is 9.99. The van der Waals surface area contributed by atoms with Crippen LogP contribution < -0.4 is 4.74 Å². The summed E-state index contributed by atoms with van der Waals surface area (Å²) in [6.07, 6.45) is 1.79. The number of ether oxygens (including phenoxy) is 1. The quantitative estimate of drug-likeness (QED) is 0.619. The molecular weight excluding hydrogens is 461 g/mol. The second-order valence-corrected chi connectivity index (χ2v) is 9.80. The molecule has 0 saturated carbocycles. The molecule has 1 aliphatic rings. The molecule has 2 amide bonds. The van der Waals surface area contributed by atoms with E-state index in [1.807, 2.05) is 6.92 Å². The number of hydrogen-bond acceptors (Lipinski definition) is 5. The minimum atomic E-state index is -0.502. The van der Waals surface area contributed by atoms with Crippen LogP contribution in [0.1, 0.15) is 60.4 Å². The average Bonchev–Trinajstić information content (AvgIpc) is 2.85. The molecule has 36 heavy (non-hydrogen) atoms. The van der Waals surface area contributed by atoms with Gasteiger partial charge in [0.25, 0.3) is 11.8 Å². The Bertz CT molecular complexity index is 1160. The second-order valence-electron chi connectivity index (χ2n) is 9.80. The van der Waals surface area contributed by atoms with Crippen LogP contribution in [0.15, 0.2) is 36.5 Å². The molecule has 2 aromatic rings. The predicted octanol–water partition coefficient (Wildman–Crippen LogP) is 3.61. The van der Waals surface area contributed by atoms with Gasteiger partial charge < -0.3 is 19.6 Å². The van der Waals surface area contributed by atoms with Crippen molar-refractivity contribution in [1.29, 1.82) is 0 Å². The maximum atomic E-state index is 13.6. The number of aliphatic hydroxyl groups excluding tert-OH is 1. The van der Waals surface area contributed by atoms with Crippen LogP contribution in [0.3, 0.4) is 0 Å². The third-order valence-electron chi connectivity index (χ3n) is 6.14. The van der Waals surface area contributed by atoms with Gasteiger partial charge in [-0.2, -0.15) is 0 Å². The van der Waals surface area contributed by atoms with Gasteiger partial charge in [-0.3, -0.25) is 9.59 Å². The average molecular weight is 496 g/mol. The summed E-state index contributed by atoms with van der Waals surface area (Å²) >= 11 is 0. The molecule has 1 N–H and O–H groups in total. The van der Waals surface area contributed by atoms with Crippen molar-refractivity contribution < 1.29 is 23.8 Å². The Hall–Kier alpha value is -3.44. The number of hydrogen-bond donors (Lipinski definition) is 1. The van der Waals surface area contributed by atoms with Gasteiger partial charge in [-0.25, -0.2) is 9.37 Å². The lowest BCUT2D eigenvalue weighted by molar-refractivity contribution is 0.0313. The monoisotopic (exact) mass is 495 g/mol. The van der Waals surface area contributed by atoms with E-state index in [1.54, 1.807) is 37.2 Å². The van der Waals surface area contributed by atoms with Gasteiger partial charge in [0.2, 0.25) is 5.88 Å². The molecule has 3 rings (SSSR count). The van der Waals surface area contributed by atoms with E-state index >= 15 is 0 Å². The lowest BCUT2D eigenvalue weighted by Gasteiger charge is -2.37. The first-order chi connectivity index (χ1) is 17.1. The van der Waals surface area contributed by atoms with E-state index in [0.29, 0.717) is 18.0 Å². The second kappa shape index (κ2) is 12.0. The van der Waals surface area contributed by atoms with E-state index in [2.05, 4.69) is 30.7 Å². The summed E-state index contributed by atoms with van der Waals surface area (Å²) in [5, 5.41) is 9.81. The Balaban J connectivity index is 1.93. The van der Waals surface area contributed by atoms with Gasteiger partial charge in [-0.1, -0.05) is 38.7 Å². The van der Waals surface area contributed by atoms with Gasteiger partial charge in [-0.05, 0) is 37.1 Å². The molecule has 0 aliphatic carbocycles. The van der Waals surface area contributed by atoms with E-state index in [0.717, 1.165) is 6.42 Å². The fourth-order valence-corrected chi connectivity index (χ4v) is 3.94. The number of aliphatic hydroxyl groups is 1. The summed E-state index contributed by atoms with van der Waals surface area (Å²) in [7, 11) is 1.63. The van der Waals surface area contributed by atoms with E-state index in [1.165, 1.54) is 23.1 Å². The molecule has 2 heterocycles. The first-order valence-corrected chi connectivity index (χ1v) is 12.2. The maximum Gasteiger partial charge on any atom is 0.259 e. The Morgan fingerprint density at radius 1 is 1.33 bits per heavy atom. The Kier molecular flexibility index (Phi) is 9.05. The zero-order chi connectivity index (χ0) is 26.4. The SMILES string of the molecule is CC(C)CC#Cc1cnc2c(c1)C(=O)N([C@@H](C)CO)C[C@@H](C)[C@@H](CN(C)C(=O)c1cccc(F)c1)O2. The van der Waals surface area contributed by atoms with Gasteiger partial charge >= 0.3 is 0 Å². The van der Waals surface area contributed by atoms with Gasteiger partial charge in [0, 0.05) is 43.3 Å². The van der Waals surface area contributed by atoms with Crippen molar-refractivity contribution in [2.24, 2.45) is 11.8 Å². The zero-order valence-electron chi connectivity index (χ0n) is 21.5. The Labute approximate surface area is 212 Å². The van der Waals surface area contributed by atoms with Crippen molar-refractivity contribution in [3.05, 3.63) is 59.0 Å². The standard InChI is InChI=1S/C28H34FN3O4/c1-18(2)8-6-9-21-12-24-26(30-14-21)36-25(19(3)15-32(28(24)35)20(4)17-33)16-31(5)27(34)22-10-7-11-23(29)13-22/h7,10-14,18-20,25,33H,8,15-17H2,1-5H3/t19-,20+,25-/m1/s1. The van der Waals surface area contributed by atoms with Crippen molar-refractivity contribution in [2.45, 2.75) is 46.3 Å². The van der Waals surface area contributed by atoms with Crippen molar-refractivity contribution in [2.75, 3.05) is 26.7 Å². The Morgan fingerprint density at radius 3 is 2.75 bits per heavy atom. The number of carbonyl (C=O) groups is 2. The van der Waals surface area contributed by atoms with Crippen LogP contribution in [0.5, 0.6) is 5.88 Å². The minimum absolute atomic E-state index is 0.160. The Morgan fingerprint density at radius 2 is 2.08 bits per heavy atom. The van der Waals surface area contributed by atoms with Crippen molar-refractivity contribution >= 4 is 11.8 Å². The fourth-order valence-electron chi connectivity index (χ4n) is 3.94. The third-order valence-corrected chi connectivity index (χ3v) is 6.14. The number of fused-ring (bicyclic) bond motifs is 1. The molecule has 0 unspecified atom stereocenters. The molecule has 0 bridgehead atoms. The van der Waals surface area contributed by atoms with Crippen LogP contribution in [-0.4, -0.2) is 70.6 Å². The summed E-state index contributed by atoms with van der Waals surface area (Å²) in [5.74, 6) is 5.44. The summed E-state index contributed by atoms with van der Waals surface area (Å²) < 4.78 is 19.9. The smallest absolute Gasteiger partial charge is 0.259 e. The van der Waals surface area contributed by atoms with E-state index < -0.39 is 18.0 Å². The van der Waals surface area contributed by atoms with Crippen molar-refractivity contribution in [3.8, 4) is 17.7 Å². The van der Waals surface area contributed by atoms with Gasteiger partial charge in [0.05, 0.1) is 19.2 Å². The summed E-state index contributed by atoms with van der Waals surface area (Å²) in [5.41, 5.74) is 1.11. The highest BCUT2D eigenvalue weighted by atomic mass is 19.1. The number of amides is 2. The number of nitrogens with zero attached hydrogens (tertiary/aromatic N) is 3.